The minimum absolute atomic E-state index is 0.0474. The highest BCUT2D eigenvalue weighted by molar-refractivity contribution is 6.05. The number of carbonyl (C=O) groups excluding carboxylic acids is 1. The molecule has 1 N–H and O–H groups in total. The first-order chi connectivity index (χ1) is 12.5. The van der Waals surface area contributed by atoms with Crippen molar-refractivity contribution < 1.29 is 14.0 Å². The lowest BCUT2D eigenvalue weighted by atomic mass is 10.1. The number of pyridine rings is 2. The first-order valence-corrected chi connectivity index (χ1v) is 8.56. The molecule has 0 fully saturated rings. The maximum atomic E-state index is 13.5. The fourth-order valence-corrected chi connectivity index (χ4v) is 2.10. The van der Waals surface area contributed by atoms with Crippen molar-refractivity contribution >= 4 is 17.4 Å². The molecule has 1 unspecified atom stereocenters. The molecular formula is C19H23FN4O2. The molecule has 138 valence electrons. The fourth-order valence-electron chi connectivity index (χ4n) is 2.10. The number of hydrogen-bond acceptors (Lipinski definition) is 5. The lowest BCUT2D eigenvalue weighted by molar-refractivity contribution is 0.0697. The van der Waals surface area contributed by atoms with Crippen LogP contribution >= 0.6 is 0 Å². The number of oxime groups is 1. The number of nitrogens with one attached hydrogen (secondary N) is 1. The van der Waals surface area contributed by atoms with Gasteiger partial charge in [-0.1, -0.05) is 19.0 Å². The van der Waals surface area contributed by atoms with E-state index in [4.69, 9.17) is 4.84 Å². The molecule has 0 spiro atoms. The molecule has 6 nitrogen and oxygen atoms in total. The van der Waals surface area contributed by atoms with E-state index in [0.717, 1.165) is 23.9 Å². The quantitative estimate of drug-likeness (QED) is 0.597. The highest BCUT2D eigenvalue weighted by Crippen LogP contribution is 2.14. The van der Waals surface area contributed by atoms with E-state index in [1.807, 2.05) is 26.8 Å². The second kappa shape index (κ2) is 9.03. The zero-order valence-corrected chi connectivity index (χ0v) is 15.4. The Morgan fingerprint density at radius 2 is 2.08 bits per heavy atom. The van der Waals surface area contributed by atoms with Crippen LogP contribution in [0.4, 0.5) is 10.2 Å². The molecule has 0 radical (unpaired) electrons. The maximum absolute atomic E-state index is 13.5. The Morgan fingerprint density at radius 3 is 2.69 bits per heavy atom. The van der Waals surface area contributed by atoms with Crippen LogP contribution in [-0.2, 0) is 4.84 Å². The van der Waals surface area contributed by atoms with E-state index in [1.165, 1.54) is 13.1 Å². The lowest BCUT2D eigenvalue weighted by Gasteiger charge is -2.10. The van der Waals surface area contributed by atoms with Crippen molar-refractivity contribution in [3.63, 3.8) is 0 Å². The standard InChI is InChI=1S/C19H23FN4O2/c1-5-12(3)26-24-17(6-2)14-7-8-18(22-9-14)23-19(25)15-10-21-11-16(20)13(15)4/h7-12H,5-6H2,1-4H3,(H,22,23,25)/b24-17-. The van der Waals surface area contributed by atoms with Crippen LogP contribution in [0.25, 0.3) is 0 Å². The Kier molecular flexibility index (Phi) is 6.77. The van der Waals surface area contributed by atoms with Gasteiger partial charge in [0.25, 0.3) is 5.91 Å². The normalized spacial score (nSPS) is 12.6. The van der Waals surface area contributed by atoms with E-state index >= 15 is 0 Å². The van der Waals surface area contributed by atoms with Gasteiger partial charge in [-0.15, -0.1) is 0 Å². The minimum atomic E-state index is -0.522. The highest BCUT2D eigenvalue weighted by Gasteiger charge is 2.13. The van der Waals surface area contributed by atoms with E-state index in [0.29, 0.717) is 12.2 Å². The summed E-state index contributed by atoms with van der Waals surface area (Å²) in [5, 5.41) is 6.82. The first-order valence-electron chi connectivity index (χ1n) is 8.56. The monoisotopic (exact) mass is 358 g/mol. The molecule has 0 aromatic carbocycles. The molecule has 1 amide bonds. The molecule has 0 saturated heterocycles. The van der Waals surface area contributed by atoms with Gasteiger partial charge in [-0.3, -0.25) is 9.78 Å². The van der Waals surface area contributed by atoms with Crippen molar-refractivity contribution in [2.75, 3.05) is 5.32 Å². The number of hydrogen-bond donors (Lipinski definition) is 1. The lowest BCUT2D eigenvalue weighted by Crippen LogP contribution is -2.15. The van der Waals surface area contributed by atoms with Crippen LogP contribution in [0.15, 0.2) is 35.9 Å². The molecule has 0 aliphatic carbocycles. The molecule has 0 saturated carbocycles. The number of amides is 1. The summed E-state index contributed by atoms with van der Waals surface area (Å²) in [6, 6.07) is 3.48. The summed E-state index contributed by atoms with van der Waals surface area (Å²) in [5.74, 6) is -0.619. The van der Waals surface area contributed by atoms with Gasteiger partial charge in [0.2, 0.25) is 0 Å². The van der Waals surface area contributed by atoms with Crippen molar-refractivity contribution in [2.24, 2.45) is 5.16 Å². The second-order valence-corrected chi connectivity index (χ2v) is 5.90. The average molecular weight is 358 g/mol. The Hall–Kier alpha value is -2.83. The molecule has 2 heterocycles. The van der Waals surface area contributed by atoms with Gasteiger partial charge in [0, 0.05) is 23.5 Å². The van der Waals surface area contributed by atoms with E-state index in [-0.39, 0.29) is 17.2 Å². The largest absolute Gasteiger partial charge is 0.393 e. The summed E-state index contributed by atoms with van der Waals surface area (Å²) < 4.78 is 13.5. The van der Waals surface area contributed by atoms with Crippen molar-refractivity contribution in [2.45, 2.75) is 46.6 Å². The smallest absolute Gasteiger partial charge is 0.258 e. The second-order valence-electron chi connectivity index (χ2n) is 5.90. The predicted molar refractivity (Wildman–Crippen MR) is 98.8 cm³/mol. The van der Waals surface area contributed by atoms with E-state index < -0.39 is 11.7 Å². The third-order valence-corrected chi connectivity index (χ3v) is 3.99. The Balaban J connectivity index is 2.11. The number of nitrogens with zero attached hydrogens (tertiary/aromatic N) is 3. The summed E-state index contributed by atoms with van der Waals surface area (Å²) in [4.78, 5) is 25.6. The van der Waals surface area contributed by atoms with Crippen LogP contribution in [0.2, 0.25) is 0 Å². The number of anilines is 1. The summed E-state index contributed by atoms with van der Waals surface area (Å²) in [6.07, 6.45) is 5.64. The van der Waals surface area contributed by atoms with Gasteiger partial charge < -0.3 is 10.2 Å². The summed E-state index contributed by atoms with van der Waals surface area (Å²) in [7, 11) is 0. The molecule has 2 rings (SSSR count). The summed E-state index contributed by atoms with van der Waals surface area (Å²) in [6.45, 7) is 7.50. The molecule has 2 aromatic rings. The summed E-state index contributed by atoms with van der Waals surface area (Å²) in [5.41, 5.74) is 2.02. The molecular weight excluding hydrogens is 335 g/mol. The van der Waals surface area contributed by atoms with Gasteiger partial charge in [0.15, 0.2) is 0 Å². The zero-order valence-electron chi connectivity index (χ0n) is 15.4. The molecule has 2 aromatic heterocycles. The van der Waals surface area contributed by atoms with Gasteiger partial charge in [-0.25, -0.2) is 9.37 Å². The minimum Gasteiger partial charge on any atom is -0.393 e. The van der Waals surface area contributed by atoms with Crippen molar-refractivity contribution in [1.82, 2.24) is 9.97 Å². The van der Waals surface area contributed by atoms with Crippen molar-refractivity contribution in [3.05, 3.63) is 53.2 Å². The van der Waals surface area contributed by atoms with Gasteiger partial charge in [0.05, 0.1) is 17.5 Å². The number of aromatic nitrogens is 2. The van der Waals surface area contributed by atoms with Gasteiger partial charge >= 0.3 is 0 Å². The summed E-state index contributed by atoms with van der Waals surface area (Å²) >= 11 is 0. The molecule has 0 bridgehead atoms. The van der Waals surface area contributed by atoms with Crippen LogP contribution in [0, 0.1) is 12.7 Å². The SMILES string of the molecule is CC/C(=N/OC(C)CC)c1ccc(NC(=O)c2cncc(F)c2C)nc1. The number of rotatable bonds is 7. The molecule has 0 aliphatic heterocycles. The van der Waals surface area contributed by atoms with Gasteiger partial charge in [0.1, 0.15) is 17.7 Å². The molecule has 0 aliphatic rings. The van der Waals surface area contributed by atoms with Crippen LogP contribution in [-0.4, -0.2) is 27.7 Å². The molecule has 1 atom stereocenters. The number of halogens is 1. The topological polar surface area (TPSA) is 76.5 Å². The van der Waals surface area contributed by atoms with Crippen LogP contribution in [0.3, 0.4) is 0 Å². The first kappa shape index (κ1) is 19.5. The van der Waals surface area contributed by atoms with Gasteiger partial charge in [-0.2, -0.15) is 0 Å². The number of carbonyl (C=O) groups is 1. The van der Waals surface area contributed by atoms with Crippen LogP contribution in [0.5, 0.6) is 0 Å². The molecule has 26 heavy (non-hydrogen) atoms. The van der Waals surface area contributed by atoms with E-state index in [2.05, 4.69) is 20.4 Å². The Bertz CT molecular complexity index is 791. The van der Waals surface area contributed by atoms with E-state index in [9.17, 15) is 9.18 Å². The highest BCUT2D eigenvalue weighted by atomic mass is 19.1. The Morgan fingerprint density at radius 1 is 1.31 bits per heavy atom. The Labute approximate surface area is 152 Å². The predicted octanol–water partition coefficient (Wildman–Crippen LogP) is 4.11. The van der Waals surface area contributed by atoms with Crippen molar-refractivity contribution in [3.8, 4) is 0 Å². The van der Waals surface area contributed by atoms with Gasteiger partial charge in [-0.05, 0) is 38.8 Å². The zero-order chi connectivity index (χ0) is 19.1. The van der Waals surface area contributed by atoms with Crippen LogP contribution < -0.4 is 5.32 Å². The average Bonchev–Trinajstić information content (AvgIpc) is 2.65. The fraction of sp³-hybridized carbons (Fsp3) is 0.368. The van der Waals surface area contributed by atoms with Crippen LogP contribution in [0.1, 0.15) is 55.1 Å². The third-order valence-electron chi connectivity index (χ3n) is 3.99. The van der Waals surface area contributed by atoms with E-state index in [1.54, 1.807) is 12.3 Å². The maximum Gasteiger partial charge on any atom is 0.258 e. The van der Waals surface area contributed by atoms with Crippen molar-refractivity contribution in [1.29, 1.82) is 0 Å². The third kappa shape index (κ3) is 4.84. The molecule has 7 heteroatoms.